The number of alkyl halides is 3. The largest absolute Gasteiger partial charge is 0.417 e. The lowest BCUT2D eigenvalue weighted by atomic mass is 9.90. The van der Waals surface area contributed by atoms with Crippen LogP contribution in [-0.4, -0.2) is 54.4 Å². The first kappa shape index (κ1) is 17.6. The van der Waals surface area contributed by atoms with Gasteiger partial charge >= 0.3 is 6.18 Å². The summed E-state index contributed by atoms with van der Waals surface area (Å²) < 4.78 is 38.3. The zero-order valence-electron chi connectivity index (χ0n) is 13.2. The summed E-state index contributed by atoms with van der Waals surface area (Å²) in [6.07, 6.45) is -5.63. The van der Waals surface area contributed by atoms with Gasteiger partial charge in [-0.3, -0.25) is 4.79 Å². The molecule has 0 aromatic heterocycles. The first-order valence-corrected chi connectivity index (χ1v) is 7.57. The molecule has 1 N–H and O–H groups in total. The molecule has 1 amide bonds. The average Bonchev–Trinajstić information content (AvgIpc) is 2.53. The number of amides is 1. The standard InChI is InChI=1S/C16H21F3N2O2/c1-3-20(2)13-6-4-12(5-7-13)14(22)21-10-8-15(23,9-11-21)16(17,18)19/h4-7,23H,3,8-11H2,1-2H3. The van der Waals surface area contributed by atoms with Crippen LogP contribution in [0, 0.1) is 0 Å². The molecule has 0 unspecified atom stereocenters. The van der Waals surface area contributed by atoms with Crippen molar-refractivity contribution in [2.45, 2.75) is 31.5 Å². The fourth-order valence-corrected chi connectivity index (χ4v) is 2.59. The molecule has 0 bridgehead atoms. The topological polar surface area (TPSA) is 43.8 Å². The predicted octanol–water partition coefficient (Wildman–Crippen LogP) is 2.67. The smallest absolute Gasteiger partial charge is 0.380 e. The molecule has 1 fully saturated rings. The Bertz CT molecular complexity index is 549. The van der Waals surface area contributed by atoms with Gasteiger partial charge in [0.2, 0.25) is 0 Å². The van der Waals surface area contributed by atoms with Crippen LogP contribution in [0.15, 0.2) is 24.3 Å². The molecule has 23 heavy (non-hydrogen) atoms. The van der Waals surface area contributed by atoms with Gasteiger partial charge < -0.3 is 14.9 Å². The third-order valence-electron chi connectivity index (χ3n) is 4.43. The minimum atomic E-state index is -4.66. The number of halogens is 3. The minimum Gasteiger partial charge on any atom is -0.380 e. The highest BCUT2D eigenvalue weighted by Crippen LogP contribution is 2.38. The molecule has 7 heteroatoms. The van der Waals surface area contributed by atoms with Gasteiger partial charge in [0.1, 0.15) is 0 Å². The number of nitrogens with zero attached hydrogens (tertiary/aromatic N) is 2. The van der Waals surface area contributed by atoms with Gasteiger partial charge in [-0.2, -0.15) is 13.2 Å². The maximum absolute atomic E-state index is 12.8. The van der Waals surface area contributed by atoms with Gasteiger partial charge in [-0.15, -0.1) is 0 Å². The highest BCUT2D eigenvalue weighted by Gasteiger charge is 2.54. The second-order valence-electron chi connectivity index (χ2n) is 5.88. The third-order valence-corrected chi connectivity index (χ3v) is 4.43. The molecule has 128 valence electrons. The Hall–Kier alpha value is -1.76. The lowest BCUT2D eigenvalue weighted by Crippen LogP contribution is -2.54. The molecule has 1 aromatic rings. The quantitative estimate of drug-likeness (QED) is 0.927. The number of hydrogen-bond donors (Lipinski definition) is 1. The van der Waals surface area contributed by atoms with Crippen LogP contribution in [0.3, 0.4) is 0 Å². The van der Waals surface area contributed by atoms with E-state index in [9.17, 15) is 23.1 Å². The van der Waals surface area contributed by atoms with Crippen LogP contribution < -0.4 is 4.90 Å². The van der Waals surface area contributed by atoms with Crippen molar-refractivity contribution >= 4 is 11.6 Å². The van der Waals surface area contributed by atoms with Crippen molar-refractivity contribution in [1.82, 2.24) is 4.90 Å². The summed E-state index contributed by atoms with van der Waals surface area (Å²) in [5.41, 5.74) is -1.28. The first-order chi connectivity index (χ1) is 10.7. The number of carbonyl (C=O) groups is 1. The maximum Gasteiger partial charge on any atom is 0.417 e. The molecule has 1 heterocycles. The predicted molar refractivity (Wildman–Crippen MR) is 81.5 cm³/mol. The Morgan fingerprint density at radius 2 is 1.78 bits per heavy atom. The highest BCUT2D eigenvalue weighted by molar-refractivity contribution is 5.94. The molecule has 1 aromatic carbocycles. The van der Waals surface area contributed by atoms with Gasteiger partial charge in [0.25, 0.3) is 5.91 Å². The zero-order chi connectivity index (χ0) is 17.3. The Morgan fingerprint density at radius 1 is 1.26 bits per heavy atom. The minimum absolute atomic E-state index is 0.106. The van der Waals surface area contributed by atoms with Gasteiger partial charge in [-0.1, -0.05) is 0 Å². The molecule has 1 saturated heterocycles. The summed E-state index contributed by atoms with van der Waals surface area (Å²) in [7, 11) is 1.93. The third kappa shape index (κ3) is 3.60. The molecule has 0 radical (unpaired) electrons. The summed E-state index contributed by atoms with van der Waals surface area (Å²) in [5, 5.41) is 9.63. The molecule has 0 atom stereocenters. The number of aliphatic hydroxyl groups is 1. The van der Waals surface area contributed by atoms with E-state index in [0.29, 0.717) is 5.56 Å². The maximum atomic E-state index is 12.8. The number of rotatable bonds is 3. The SMILES string of the molecule is CCN(C)c1ccc(C(=O)N2CCC(O)(C(F)(F)F)CC2)cc1. The number of benzene rings is 1. The molecule has 0 aliphatic carbocycles. The van der Waals surface area contributed by atoms with Crippen LogP contribution in [-0.2, 0) is 0 Å². The van der Waals surface area contributed by atoms with E-state index in [1.807, 2.05) is 31.0 Å². The molecule has 1 aliphatic rings. The highest BCUT2D eigenvalue weighted by atomic mass is 19.4. The zero-order valence-corrected chi connectivity index (χ0v) is 13.2. The molecule has 0 spiro atoms. The summed E-state index contributed by atoms with van der Waals surface area (Å²) in [5.74, 6) is -0.306. The normalized spacial score (nSPS) is 17.9. The average molecular weight is 330 g/mol. The molecule has 0 saturated carbocycles. The lowest BCUT2D eigenvalue weighted by Gasteiger charge is -2.39. The van der Waals surface area contributed by atoms with Crippen molar-refractivity contribution in [3.63, 3.8) is 0 Å². The molecular formula is C16H21F3N2O2. The Morgan fingerprint density at radius 3 is 2.22 bits per heavy atom. The van der Waals surface area contributed by atoms with Gasteiger partial charge in [0.05, 0.1) is 0 Å². The molecule has 1 aliphatic heterocycles. The van der Waals surface area contributed by atoms with E-state index >= 15 is 0 Å². The Labute approximate surface area is 133 Å². The van der Waals surface area contributed by atoms with Gasteiger partial charge in [-0.05, 0) is 31.2 Å². The van der Waals surface area contributed by atoms with E-state index in [1.165, 1.54) is 4.90 Å². The number of piperidine rings is 1. The number of carbonyl (C=O) groups excluding carboxylic acids is 1. The van der Waals surface area contributed by atoms with Crippen LogP contribution in [0.5, 0.6) is 0 Å². The van der Waals surface area contributed by atoms with Crippen molar-refractivity contribution in [3.8, 4) is 0 Å². The fourth-order valence-electron chi connectivity index (χ4n) is 2.59. The van der Waals surface area contributed by atoms with Crippen molar-refractivity contribution in [3.05, 3.63) is 29.8 Å². The molecule has 4 nitrogen and oxygen atoms in total. The molecule has 2 rings (SSSR count). The van der Waals surface area contributed by atoms with Crippen LogP contribution in [0.1, 0.15) is 30.1 Å². The van der Waals surface area contributed by atoms with E-state index in [0.717, 1.165) is 12.2 Å². The van der Waals surface area contributed by atoms with Crippen LogP contribution in [0.4, 0.5) is 18.9 Å². The first-order valence-electron chi connectivity index (χ1n) is 7.57. The van der Waals surface area contributed by atoms with E-state index < -0.39 is 24.6 Å². The fraction of sp³-hybridized carbons (Fsp3) is 0.562. The van der Waals surface area contributed by atoms with E-state index in [4.69, 9.17) is 0 Å². The van der Waals surface area contributed by atoms with E-state index in [-0.39, 0.29) is 19.0 Å². The molecular weight excluding hydrogens is 309 g/mol. The lowest BCUT2D eigenvalue weighted by molar-refractivity contribution is -0.271. The van der Waals surface area contributed by atoms with E-state index in [1.54, 1.807) is 12.1 Å². The summed E-state index contributed by atoms with van der Waals surface area (Å²) >= 11 is 0. The monoisotopic (exact) mass is 330 g/mol. The summed E-state index contributed by atoms with van der Waals surface area (Å²) in [4.78, 5) is 15.7. The van der Waals surface area contributed by atoms with E-state index in [2.05, 4.69) is 0 Å². The van der Waals surface area contributed by atoms with Crippen molar-refractivity contribution < 1.29 is 23.1 Å². The second-order valence-corrected chi connectivity index (χ2v) is 5.88. The number of likely N-dealkylation sites (tertiary alicyclic amines) is 1. The van der Waals surface area contributed by atoms with Crippen molar-refractivity contribution in [1.29, 1.82) is 0 Å². The van der Waals surface area contributed by atoms with Crippen molar-refractivity contribution in [2.24, 2.45) is 0 Å². The summed E-state index contributed by atoms with van der Waals surface area (Å²) in [6.45, 7) is 2.63. The van der Waals surface area contributed by atoms with Crippen LogP contribution >= 0.6 is 0 Å². The van der Waals surface area contributed by atoms with Crippen LogP contribution in [0.25, 0.3) is 0 Å². The van der Waals surface area contributed by atoms with Gasteiger partial charge in [-0.25, -0.2) is 0 Å². The van der Waals surface area contributed by atoms with Crippen LogP contribution in [0.2, 0.25) is 0 Å². The number of hydrogen-bond acceptors (Lipinski definition) is 3. The van der Waals surface area contributed by atoms with Gasteiger partial charge in [0, 0.05) is 50.8 Å². The Kier molecular flexibility index (Phi) is 4.89. The second kappa shape index (κ2) is 6.39. The Balaban J connectivity index is 2.03. The number of anilines is 1. The van der Waals surface area contributed by atoms with Gasteiger partial charge in [0.15, 0.2) is 5.60 Å². The summed E-state index contributed by atoms with van der Waals surface area (Å²) in [6, 6.07) is 6.97. The van der Waals surface area contributed by atoms with Crippen molar-refractivity contribution in [2.75, 3.05) is 31.6 Å².